The quantitative estimate of drug-likeness (QED) is 0.803. The predicted octanol–water partition coefficient (Wildman–Crippen LogP) is 1.90. The molecule has 4 heteroatoms. The smallest absolute Gasteiger partial charge is 0.259 e. The van der Waals surface area contributed by atoms with Crippen LogP contribution in [0.5, 0.6) is 5.75 Å². The van der Waals surface area contributed by atoms with Gasteiger partial charge in [-0.15, -0.1) is 0 Å². The summed E-state index contributed by atoms with van der Waals surface area (Å²) in [7, 11) is 3.21. The molecule has 4 nitrogen and oxygen atoms in total. The van der Waals surface area contributed by atoms with Crippen LogP contribution >= 0.6 is 0 Å². The van der Waals surface area contributed by atoms with Gasteiger partial charge in [0, 0.05) is 13.7 Å². The second kappa shape index (κ2) is 5.19. The minimum Gasteiger partial charge on any atom is -0.496 e. The lowest BCUT2D eigenvalue weighted by atomic mass is 10.2. The highest BCUT2D eigenvalue weighted by Crippen LogP contribution is 2.24. The fourth-order valence-electron chi connectivity index (χ4n) is 2.19. The van der Waals surface area contributed by atoms with E-state index in [1.54, 1.807) is 31.3 Å². The van der Waals surface area contributed by atoms with Crippen molar-refractivity contribution in [1.82, 2.24) is 4.90 Å². The third kappa shape index (κ3) is 2.26. The lowest BCUT2D eigenvalue weighted by molar-refractivity contribution is 0.00151. The van der Waals surface area contributed by atoms with E-state index in [-0.39, 0.29) is 12.1 Å². The highest BCUT2D eigenvalue weighted by Gasteiger charge is 2.30. The van der Waals surface area contributed by atoms with Crippen molar-refractivity contribution in [2.45, 2.75) is 19.1 Å². The number of hydrogen-bond donors (Lipinski definition) is 0. The van der Waals surface area contributed by atoms with Gasteiger partial charge in [0.2, 0.25) is 0 Å². The standard InChI is InChI=1S/C13H17NO3/c1-16-11-7-4-3-6-10(11)13(15)14-9-5-8-12(14)17-2/h3-4,6-7,12H,5,8-9H2,1-2H3. The Morgan fingerprint density at radius 1 is 1.35 bits per heavy atom. The molecule has 0 aliphatic carbocycles. The van der Waals surface area contributed by atoms with E-state index in [1.165, 1.54) is 0 Å². The van der Waals surface area contributed by atoms with E-state index >= 15 is 0 Å². The fourth-order valence-corrected chi connectivity index (χ4v) is 2.19. The molecule has 0 bridgehead atoms. The zero-order valence-corrected chi connectivity index (χ0v) is 10.2. The van der Waals surface area contributed by atoms with Gasteiger partial charge in [0.25, 0.3) is 5.91 Å². The van der Waals surface area contributed by atoms with Crippen LogP contribution in [0.15, 0.2) is 24.3 Å². The molecule has 1 saturated heterocycles. The van der Waals surface area contributed by atoms with Gasteiger partial charge in [0.1, 0.15) is 12.0 Å². The van der Waals surface area contributed by atoms with E-state index in [1.807, 2.05) is 12.1 Å². The predicted molar refractivity (Wildman–Crippen MR) is 64.1 cm³/mol. The van der Waals surface area contributed by atoms with Gasteiger partial charge in [-0.25, -0.2) is 0 Å². The monoisotopic (exact) mass is 235 g/mol. The molecule has 17 heavy (non-hydrogen) atoms. The number of ether oxygens (including phenoxy) is 2. The molecule has 0 aromatic heterocycles. The molecule has 1 aromatic rings. The third-order valence-electron chi connectivity index (χ3n) is 3.07. The van der Waals surface area contributed by atoms with Crippen LogP contribution in [-0.4, -0.2) is 37.8 Å². The number of hydrogen-bond acceptors (Lipinski definition) is 3. The molecule has 1 aliphatic rings. The number of methoxy groups -OCH3 is 2. The van der Waals surface area contributed by atoms with Crippen LogP contribution in [0.4, 0.5) is 0 Å². The van der Waals surface area contributed by atoms with Crippen LogP contribution in [0.1, 0.15) is 23.2 Å². The lowest BCUT2D eigenvalue weighted by Crippen LogP contribution is -2.36. The molecule has 1 unspecified atom stereocenters. The van der Waals surface area contributed by atoms with Crippen LogP contribution in [0.3, 0.4) is 0 Å². The second-order valence-electron chi connectivity index (χ2n) is 4.03. The van der Waals surface area contributed by atoms with Crippen molar-refractivity contribution in [2.75, 3.05) is 20.8 Å². The van der Waals surface area contributed by atoms with E-state index in [2.05, 4.69) is 0 Å². The summed E-state index contributed by atoms with van der Waals surface area (Å²) in [6, 6.07) is 7.28. The molecule has 1 atom stereocenters. The first-order chi connectivity index (χ1) is 8.27. The largest absolute Gasteiger partial charge is 0.496 e. The molecule has 92 valence electrons. The first kappa shape index (κ1) is 11.9. The Morgan fingerprint density at radius 2 is 2.12 bits per heavy atom. The molecule has 1 amide bonds. The number of nitrogens with zero attached hydrogens (tertiary/aromatic N) is 1. The Kier molecular flexibility index (Phi) is 3.64. The Balaban J connectivity index is 2.24. The van der Waals surface area contributed by atoms with Crippen molar-refractivity contribution in [2.24, 2.45) is 0 Å². The normalized spacial score (nSPS) is 19.4. The summed E-state index contributed by atoms with van der Waals surface area (Å²) < 4.78 is 10.5. The van der Waals surface area contributed by atoms with Crippen molar-refractivity contribution in [3.8, 4) is 5.75 Å². The van der Waals surface area contributed by atoms with E-state index < -0.39 is 0 Å². The SMILES string of the molecule is COc1ccccc1C(=O)N1CCCC1OC. The van der Waals surface area contributed by atoms with Gasteiger partial charge in [-0.1, -0.05) is 12.1 Å². The first-order valence-corrected chi connectivity index (χ1v) is 5.74. The summed E-state index contributed by atoms with van der Waals surface area (Å²) >= 11 is 0. The number of rotatable bonds is 3. The van der Waals surface area contributed by atoms with Gasteiger partial charge in [-0.3, -0.25) is 4.79 Å². The van der Waals surface area contributed by atoms with E-state index in [0.717, 1.165) is 19.4 Å². The zero-order chi connectivity index (χ0) is 12.3. The van der Waals surface area contributed by atoms with E-state index in [9.17, 15) is 4.79 Å². The topological polar surface area (TPSA) is 38.8 Å². The molecule has 1 aliphatic heterocycles. The van der Waals surface area contributed by atoms with Gasteiger partial charge in [-0.05, 0) is 25.0 Å². The molecular weight excluding hydrogens is 218 g/mol. The van der Waals surface area contributed by atoms with Gasteiger partial charge < -0.3 is 14.4 Å². The molecule has 0 spiro atoms. The van der Waals surface area contributed by atoms with Gasteiger partial charge in [-0.2, -0.15) is 0 Å². The molecule has 1 aromatic carbocycles. The Labute approximate surface area is 101 Å². The van der Waals surface area contributed by atoms with Crippen molar-refractivity contribution in [1.29, 1.82) is 0 Å². The summed E-state index contributed by atoms with van der Waals surface area (Å²) in [4.78, 5) is 14.1. The highest BCUT2D eigenvalue weighted by molar-refractivity contribution is 5.97. The number of carbonyl (C=O) groups excluding carboxylic acids is 1. The number of carbonyl (C=O) groups is 1. The summed E-state index contributed by atoms with van der Waals surface area (Å²) in [5, 5.41) is 0. The molecule has 0 N–H and O–H groups in total. The van der Waals surface area contributed by atoms with Crippen LogP contribution in [0, 0.1) is 0 Å². The lowest BCUT2D eigenvalue weighted by Gasteiger charge is -2.24. The third-order valence-corrected chi connectivity index (χ3v) is 3.07. The number of amides is 1. The minimum absolute atomic E-state index is 0.0215. The van der Waals surface area contributed by atoms with E-state index in [4.69, 9.17) is 9.47 Å². The fraction of sp³-hybridized carbons (Fsp3) is 0.462. The highest BCUT2D eigenvalue weighted by atomic mass is 16.5. The van der Waals surface area contributed by atoms with Crippen LogP contribution in [0.2, 0.25) is 0 Å². The van der Waals surface area contributed by atoms with E-state index in [0.29, 0.717) is 11.3 Å². The van der Waals surface area contributed by atoms with Crippen LogP contribution in [-0.2, 0) is 4.74 Å². The van der Waals surface area contributed by atoms with Crippen LogP contribution in [0.25, 0.3) is 0 Å². The Bertz CT molecular complexity index is 405. The van der Waals surface area contributed by atoms with Gasteiger partial charge in [0.05, 0.1) is 12.7 Å². The Hall–Kier alpha value is -1.55. The average molecular weight is 235 g/mol. The van der Waals surface area contributed by atoms with Crippen molar-refractivity contribution in [3.05, 3.63) is 29.8 Å². The number of likely N-dealkylation sites (tertiary alicyclic amines) is 1. The van der Waals surface area contributed by atoms with Crippen molar-refractivity contribution in [3.63, 3.8) is 0 Å². The van der Waals surface area contributed by atoms with Gasteiger partial charge >= 0.3 is 0 Å². The molecular formula is C13H17NO3. The molecule has 1 fully saturated rings. The second-order valence-corrected chi connectivity index (χ2v) is 4.03. The zero-order valence-electron chi connectivity index (χ0n) is 10.2. The first-order valence-electron chi connectivity index (χ1n) is 5.74. The summed E-state index contributed by atoms with van der Waals surface area (Å²) in [6.45, 7) is 0.745. The maximum atomic E-state index is 12.4. The minimum atomic E-state index is -0.104. The Morgan fingerprint density at radius 3 is 2.82 bits per heavy atom. The van der Waals surface area contributed by atoms with Crippen LogP contribution < -0.4 is 4.74 Å². The number of para-hydroxylation sites is 1. The summed E-state index contributed by atoms with van der Waals surface area (Å²) in [5.41, 5.74) is 0.596. The summed E-state index contributed by atoms with van der Waals surface area (Å²) in [5.74, 6) is 0.589. The van der Waals surface area contributed by atoms with Gasteiger partial charge in [0.15, 0.2) is 0 Å². The molecule has 2 rings (SSSR count). The van der Waals surface area contributed by atoms with Crippen molar-refractivity contribution >= 4 is 5.91 Å². The average Bonchev–Trinajstić information content (AvgIpc) is 2.86. The maximum Gasteiger partial charge on any atom is 0.259 e. The maximum absolute atomic E-state index is 12.4. The number of benzene rings is 1. The molecule has 1 heterocycles. The molecule has 0 radical (unpaired) electrons. The molecule has 0 saturated carbocycles. The van der Waals surface area contributed by atoms with Crippen molar-refractivity contribution < 1.29 is 14.3 Å². The summed E-state index contributed by atoms with van der Waals surface area (Å²) in [6.07, 6.45) is 1.78.